The largest absolute Gasteiger partial charge is 0.467 e. The zero-order chi connectivity index (χ0) is 14.7. The highest BCUT2D eigenvalue weighted by Gasteiger charge is 2.13. The third-order valence-corrected chi connectivity index (χ3v) is 2.86. The second kappa shape index (κ2) is 5.91. The van der Waals surface area contributed by atoms with Crippen molar-refractivity contribution in [2.45, 2.75) is 6.92 Å². The van der Waals surface area contributed by atoms with Gasteiger partial charge in [0.2, 0.25) is 0 Å². The van der Waals surface area contributed by atoms with E-state index >= 15 is 0 Å². The molecule has 0 aliphatic heterocycles. The number of aryl methyl sites for hydroxylation is 1. The minimum absolute atomic E-state index is 0.0471. The Hall–Kier alpha value is -2.09. The van der Waals surface area contributed by atoms with Gasteiger partial charge in [-0.25, -0.2) is 0 Å². The molecule has 0 aliphatic carbocycles. The van der Waals surface area contributed by atoms with Gasteiger partial charge in [0, 0.05) is 4.47 Å². The van der Waals surface area contributed by atoms with E-state index in [9.17, 15) is 0 Å². The van der Waals surface area contributed by atoms with Crippen molar-refractivity contribution in [2.24, 2.45) is 0 Å². The van der Waals surface area contributed by atoms with Crippen molar-refractivity contribution in [1.29, 1.82) is 0 Å². The monoisotopic (exact) mass is 340 g/mol. The van der Waals surface area contributed by atoms with E-state index < -0.39 is 0 Å². The number of nitrogen functional groups attached to an aromatic ring is 1. The molecular formula is C12H13BrN4O3. The van der Waals surface area contributed by atoms with Crippen molar-refractivity contribution in [1.82, 2.24) is 15.0 Å². The van der Waals surface area contributed by atoms with E-state index in [-0.39, 0.29) is 18.0 Å². The van der Waals surface area contributed by atoms with Gasteiger partial charge < -0.3 is 19.9 Å². The number of aromatic nitrogens is 3. The molecule has 8 heteroatoms. The molecule has 0 spiro atoms. The summed E-state index contributed by atoms with van der Waals surface area (Å²) in [5, 5.41) is 0. The van der Waals surface area contributed by atoms with Crippen LogP contribution in [0.25, 0.3) is 0 Å². The fourth-order valence-corrected chi connectivity index (χ4v) is 2.13. The van der Waals surface area contributed by atoms with Gasteiger partial charge in [-0.05, 0) is 24.6 Å². The molecule has 0 fully saturated rings. The number of rotatable bonds is 4. The predicted molar refractivity (Wildman–Crippen MR) is 76.3 cm³/mol. The fourth-order valence-electron chi connectivity index (χ4n) is 1.54. The first-order chi connectivity index (χ1) is 9.53. The van der Waals surface area contributed by atoms with Crippen molar-refractivity contribution in [3.05, 3.63) is 22.2 Å². The molecule has 106 valence electrons. The van der Waals surface area contributed by atoms with Gasteiger partial charge in [-0.1, -0.05) is 15.9 Å². The van der Waals surface area contributed by atoms with Crippen molar-refractivity contribution < 1.29 is 14.2 Å². The summed E-state index contributed by atoms with van der Waals surface area (Å²) in [5.74, 6) is 0.475. The first-order valence-corrected chi connectivity index (χ1v) is 6.40. The molecule has 7 nitrogen and oxygen atoms in total. The lowest BCUT2D eigenvalue weighted by atomic mass is 10.2. The quantitative estimate of drug-likeness (QED) is 0.853. The van der Waals surface area contributed by atoms with Gasteiger partial charge in [0.1, 0.15) is 0 Å². The van der Waals surface area contributed by atoms with Crippen LogP contribution in [0, 0.1) is 6.92 Å². The Balaban J connectivity index is 2.39. The van der Waals surface area contributed by atoms with Crippen LogP contribution in [0.2, 0.25) is 0 Å². The Labute approximate surface area is 124 Å². The molecule has 1 aromatic carbocycles. The topological polar surface area (TPSA) is 92.4 Å². The van der Waals surface area contributed by atoms with Crippen molar-refractivity contribution >= 4 is 21.6 Å². The first-order valence-electron chi connectivity index (χ1n) is 5.61. The van der Waals surface area contributed by atoms with Crippen LogP contribution in [-0.2, 0) is 0 Å². The number of anilines is 1. The van der Waals surface area contributed by atoms with Gasteiger partial charge in [0.25, 0.3) is 0 Å². The Morgan fingerprint density at radius 2 is 1.55 bits per heavy atom. The lowest BCUT2D eigenvalue weighted by Gasteiger charge is -2.11. The molecule has 1 heterocycles. The van der Waals surface area contributed by atoms with Gasteiger partial charge in [0.15, 0.2) is 5.75 Å². The predicted octanol–water partition coefficient (Wildman–Crippen LogP) is 2.33. The van der Waals surface area contributed by atoms with E-state index in [1.54, 1.807) is 6.07 Å². The highest BCUT2D eigenvalue weighted by molar-refractivity contribution is 9.10. The molecule has 0 aliphatic rings. The maximum atomic E-state index is 5.92. The van der Waals surface area contributed by atoms with E-state index in [4.69, 9.17) is 19.9 Å². The van der Waals surface area contributed by atoms with E-state index in [1.807, 2.05) is 13.0 Å². The zero-order valence-electron chi connectivity index (χ0n) is 11.2. The van der Waals surface area contributed by atoms with E-state index in [1.165, 1.54) is 14.2 Å². The van der Waals surface area contributed by atoms with Gasteiger partial charge in [-0.2, -0.15) is 0 Å². The lowest BCUT2D eigenvalue weighted by Crippen LogP contribution is -2.03. The molecule has 0 radical (unpaired) electrons. The average Bonchev–Trinajstić information content (AvgIpc) is 2.42. The highest BCUT2D eigenvalue weighted by atomic mass is 79.9. The molecule has 2 rings (SSSR count). The van der Waals surface area contributed by atoms with E-state index in [2.05, 4.69) is 30.9 Å². The number of methoxy groups -OCH3 is 2. The summed E-state index contributed by atoms with van der Waals surface area (Å²) in [4.78, 5) is 11.9. The standard InChI is InChI=1S/C12H13BrN4O3/c1-6-4-7(13)5-8(14)9(6)20-12-16-10(18-2)15-11(17-12)19-3/h4-5H,14H2,1-3H3. The first kappa shape index (κ1) is 14.3. The second-order valence-corrected chi connectivity index (χ2v) is 4.75. The number of nitrogens with two attached hydrogens (primary N) is 1. The number of ether oxygens (including phenoxy) is 3. The van der Waals surface area contributed by atoms with E-state index in [0.29, 0.717) is 11.4 Å². The number of halogens is 1. The van der Waals surface area contributed by atoms with Crippen molar-refractivity contribution in [2.75, 3.05) is 20.0 Å². The molecule has 0 amide bonds. The Kier molecular flexibility index (Phi) is 4.23. The summed E-state index contributed by atoms with van der Waals surface area (Å²) in [6, 6.07) is 3.85. The number of hydrogen-bond donors (Lipinski definition) is 1. The van der Waals surface area contributed by atoms with Crippen LogP contribution >= 0.6 is 15.9 Å². The minimum Gasteiger partial charge on any atom is -0.467 e. The molecule has 20 heavy (non-hydrogen) atoms. The van der Waals surface area contributed by atoms with Crippen LogP contribution in [0.3, 0.4) is 0 Å². The summed E-state index contributed by atoms with van der Waals surface area (Å²) in [6.07, 6.45) is 0. The molecular weight excluding hydrogens is 328 g/mol. The smallest absolute Gasteiger partial charge is 0.331 e. The highest BCUT2D eigenvalue weighted by Crippen LogP contribution is 2.33. The third-order valence-electron chi connectivity index (χ3n) is 2.40. The molecule has 2 aromatic rings. The van der Waals surface area contributed by atoms with Gasteiger partial charge >= 0.3 is 18.0 Å². The molecule has 0 unspecified atom stereocenters. The van der Waals surface area contributed by atoms with Gasteiger partial charge in [-0.3, -0.25) is 0 Å². The average molecular weight is 341 g/mol. The molecule has 0 saturated carbocycles. The summed E-state index contributed by atoms with van der Waals surface area (Å²) in [5.41, 5.74) is 7.23. The summed E-state index contributed by atoms with van der Waals surface area (Å²) >= 11 is 3.36. The summed E-state index contributed by atoms with van der Waals surface area (Å²) in [7, 11) is 2.88. The molecule has 0 bridgehead atoms. The van der Waals surface area contributed by atoms with Crippen LogP contribution in [0.4, 0.5) is 5.69 Å². The maximum Gasteiger partial charge on any atom is 0.331 e. The molecule has 0 saturated heterocycles. The van der Waals surface area contributed by atoms with E-state index in [0.717, 1.165) is 10.0 Å². The van der Waals surface area contributed by atoms with Crippen LogP contribution in [0.5, 0.6) is 23.8 Å². The van der Waals surface area contributed by atoms with Crippen LogP contribution in [0.1, 0.15) is 5.56 Å². The minimum atomic E-state index is 0.0471. The lowest BCUT2D eigenvalue weighted by molar-refractivity contribution is 0.320. The third kappa shape index (κ3) is 3.08. The van der Waals surface area contributed by atoms with Crippen LogP contribution in [-0.4, -0.2) is 29.2 Å². The fraction of sp³-hybridized carbons (Fsp3) is 0.250. The van der Waals surface area contributed by atoms with Crippen LogP contribution in [0.15, 0.2) is 16.6 Å². The van der Waals surface area contributed by atoms with Crippen LogP contribution < -0.4 is 19.9 Å². The SMILES string of the molecule is COc1nc(OC)nc(Oc2c(C)cc(Br)cc2N)n1. The Morgan fingerprint density at radius 1 is 1.00 bits per heavy atom. The summed E-state index contributed by atoms with van der Waals surface area (Å²) < 4.78 is 16.4. The zero-order valence-corrected chi connectivity index (χ0v) is 12.8. The summed E-state index contributed by atoms with van der Waals surface area (Å²) in [6.45, 7) is 1.87. The van der Waals surface area contributed by atoms with Gasteiger partial charge in [0.05, 0.1) is 19.9 Å². The van der Waals surface area contributed by atoms with Crippen molar-refractivity contribution in [3.8, 4) is 23.8 Å². The maximum absolute atomic E-state index is 5.92. The Morgan fingerprint density at radius 3 is 2.05 bits per heavy atom. The second-order valence-electron chi connectivity index (χ2n) is 3.83. The van der Waals surface area contributed by atoms with Crippen molar-refractivity contribution in [3.63, 3.8) is 0 Å². The normalized spacial score (nSPS) is 10.2. The van der Waals surface area contributed by atoms with Gasteiger partial charge in [-0.15, -0.1) is 15.0 Å². The number of nitrogens with zero attached hydrogens (tertiary/aromatic N) is 3. The Bertz CT molecular complexity index is 591. The molecule has 1 aromatic heterocycles. The molecule has 2 N–H and O–H groups in total. The number of benzene rings is 1. The molecule has 0 atom stereocenters. The number of hydrogen-bond acceptors (Lipinski definition) is 7.